The van der Waals surface area contributed by atoms with Gasteiger partial charge in [0.05, 0.1) is 0 Å². The molecular weight excluding hydrogens is 202 g/mol. The number of hydrogen-bond acceptors (Lipinski definition) is 5. The Hall–Kier alpha value is -1.67. The van der Waals surface area contributed by atoms with Crippen molar-refractivity contribution in [1.82, 2.24) is 15.3 Å². The van der Waals surface area contributed by atoms with Gasteiger partial charge in [0.25, 0.3) is 0 Å². The van der Waals surface area contributed by atoms with Gasteiger partial charge < -0.3 is 10.6 Å². The number of nitrogens with one attached hydrogen (secondary N) is 2. The third kappa shape index (κ3) is 2.47. The van der Waals surface area contributed by atoms with Crippen LogP contribution < -0.4 is 10.6 Å². The van der Waals surface area contributed by atoms with E-state index < -0.39 is 0 Å². The zero-order valence-electron chi connectivity index (χ0n) is 9.32. The average Bonchev–Trinajstić information content (AvgIpc) is 2.29. The maximum atomic E-state index is 8.75. The fourth-order valence-corrected chi connectivity index (χ4v) is 1.85. The highest BCUT2D eigenvalue weighted by Crippen LogP contribution is 2.21. The lowest BCUT2D eigenvalue weighted by atomic mass is 9.91. The van der Waals surface area contributed by atoms with Crippen LogP contribution in [0.25, 0.3) is 0 Å². The van der Waals surface area contributed by atoms with E-state index >= 15 is 0 Å². The number of nitriles is 1. The second-order valence-electron chi connectivity index (χ2n) is 4.31. The Balaban J connectivity index is 2.10. The van der Waals surface area contributed by atoms with Gasteiger partial charge in [0.15, 0.2) is 0 Å². The van der Waals surface area contributed by atoms with Gasteiger partial charge in [-0.2, -0.15) is 5.26 Å². The molecule has 5 nitrogen and oxygen atoms in total. The van der Waals surface area contributed by atoms with Gasteiger partial charge in [-0.1, -0.05) is 0 Å². The van der Waals surface area contributed by atoms with Crippen LogP contribution in [0.3, 0.4) is 0 Å². The minimum atomic E-state index is 0.0271. The fourth-order valence-electron chi connectivity index (χ4n) is 1.85. The fraction of sp³-hybridized carbons (Fsp3) is 0.545. The van der Waals surface area contributed by atoms with E-state index in [-0.39, 0.29) is 5.54 Å². The molecule has 1 aliphatic heterocycles. The topological polar surface area (TPSA) is 73.6 Å². The van der Waals surface area contributed by atoms with Gasteiger partial charge in [-0.15, -0.1) is 0 Å². The van der Waals surface area contributed by atoms with Gasteiger partial charge in [-0.05, 0) is 38.9 Å². The second kappa shape index (κ2) is 4.45. The number of rotatable bonds is 2. The predicted octanol–water partition coefficient (Wildman–Crippen LogP) is 0.902. The minimum Gasteiger partial charge on any atom is -0.349 e. The first-order valence-electron chi connectivity index (χ1n) is 5.44. The summed E-state index contributed by atoms with van der Waals surface area (Å²) in [5.74, 6) is 0.545. The van der Waals surface area contributed by atoms with E-state index in [1.807, 2.05) is 6.07 Å². The molecule has 2 heterocycles. The molecule has 0 aliphatic carbocycles. The summed E-state index contributed by atoms with van der Waals surface area (Å²) >= 11 is 0. The Bertz CT molecular complexity index is 403. The van der Waals surface area contributed by atoms with Crippen LogP contribution >= 0.6 is 0 Å². The van der Waals surface area contributed by atoms with Crippen molar-refractivity contribution in [1.29, 1.82) is 5.26 Å². The van der Waals surface area contributed by atoms with Gasteiger partial charge in [0.1, 0.15) is 11.8 Å². The molecule has 2 N–H and O–H groups in total. The third-order valence-corrected chi connectivity index (χ3v) is 2.89. The average molecular weight is 217 g/mol. The minimum absolute atomic E-state index is 0.0271. The standard InChI is InChI=1S/C11H15N5/c1-11(3-6-13-7-4-11)16-10-14-5-2-9(8-12)15-10/h2,5,13H,3-4,6-7H2,1H3,(H,14,15,16). The molecule has 0 amide bonds. The normalized spacial score (nSPS) is 18.8. The highest BCUT2D eigenvalue weighted by molar-refractivity contribution is 5.33. The predicted molar refractivity (Wildman–Crippen MR) is 60.9 cm³/mol. The van der Waals surface area contributed by atoms with Gasteiger partial charge in [-0.25, -0.2) is 9.97 Å². The van der Waals surface area contributed by atoms with Crippen LogP contribution in [0.15, 0.2) is 12.3 Å². The first-order valence-corrected chi connectivity index (χ1v) is 5.44. The second-order valence-corrected chi connectivity index (χ2v) is 4.31. The molecule has 0 aromatic carbocycles. The Morgan fingerprint density at radius 3 is 2.94 bits per heavy atom. The lowest BCUT2D eigenvalue weighted by molar-refractivity contribution is 0.363. The molecule has 0 radical (unpaired) electrons. The molecule has 1 fully saturated rings. The smallest absolute Gasteiger partial charge is 0.224 e. The number of nitrogens with zero attached hydrogens (tertiary/aromatic N) is 3. The van der Waals surface area contributed by atoms with Crippen LogP contribution in [-0.2, 0) is 0 Å². The van der Waals surface area contributed by atoms with Crippen molar-refractivity contribution < 1.29 is 0 Å². The largest absolute Gasteiger partial charge is 0.349 e. The van der Waals surface area contributed by atoms with Crippen molar-refractivity contribution in [3.05, 3.63) is 18.0 Å². The SMILES string of the molecule is CC1(Nc2nccc(C#N)n2)CCNCC1. The highest BCUT2D eigenvalue weighted by atomic mass is 15.1. The van der Waals surface area contributed by atoms with Crippen molar-refractivity contribution in [3.8, 4) is 6.07 Å². The Kier molecular flexibility index (Phi) is 3.02. The molecule has 84 valence electrons. The lowest BCUT2D eigenvalue weighted by Crippen LogP contribution is -2.45. The van der Waals surface area contributed by atoms with Crippen molar-refractivity contribution in [2.24, 2.45) is 0 Å². The molecule has 1 aromatic heterocycles. The van der Waals surface area contributed by atoms with Crippen LogP contribution in [0, 0.1) is 11.3 Å². The summed E-state index contributed by atoms with van der Waals surface area (Å²) in [6.07, 6.45) is 3.68. The lowest BCUT2D eigenvalue weighted by Gasteiger charge is -2.34. The van der Waals surface area contributed by atoms with E-state index in [9.17, 15) is 0 Å². The van der Waals surface area contributed by atoms with E-state index in [1.165, 1.54) is 0 Å². The van der Waals surface area contributed by atoms with Gasteiger partial charge in [0.2, 0.25) is 5.95 Å². The summed E-state index contributed by atoms with van der Waals surface area (Å²) < 4.78 is 0. The monoisotopic (exact) mass is 217 g/mol. The molecule has 0 unspecified atom stereocenters. The van der Waals surface area contributed by atoms with Gasteiger partial charge in [-0.3, -0.25) is 0 Å². The Morgan fingerprint density at radius 1 is 1.50 bits per heavy atom. The Labute approximate surface area is 94.9 Å². The van der Waals surface area contributed by atoms with Gasteiger partial charge in [0, 0.05) is 11.7 Å². The van der Waals surface area contributed by atoms with Crippen LogP contribution in [0.4, 0.5) is 5.95 Å². The molecule has 1 aliphatic rings. The van der Waals surface area contributed by atoms with E-state index in [1.54, 1.807) is 12.3 Å². The molecule has 2 rings (SSSR count). The van der Waals surface area contributed by atoms with Crippen LogP contribution in [0.2, 0.25) is 0 Å². The molecule has 1 saturated heterocycles. The summed E-state index contributed by atoms with van der Waals surface area (Å²) in [6.45, 7) is 4.17. The van der Waals surface area contributed by atoms with Gasteiger partial charge >= 0.3 is 0 Å². The number of anilines is 1. The van der Waals surface area contributed by atoms with Crippen molar-refractivity contribution in [3.63, 3.8) is 0 Å². The summed E-state index contributed by atoms with van der Waals surface area (Å²) in [5.41, 5.74) is 0.425. The molecule has 1 aromatic rings. The van der Waals surface area contributed by atoms with E-state index in [0.29, 0.717) is 11.6 Å². The number of hydrogen-bond donors (Lipinski definition) is 2. The van der Waals surface area contributed by atoms with E-state index in [0.717, 1.165) is 25.9 Å². The molecule has 0 spiro atoms. The maximum Gasteiger partial charge on any atom is 0.224 e. The number of aromatic nitrogens is 2. The molecular formula is C11H15N5. The quantitative estimate of drug-likeness (QED) is 0.770. The molecule has 0 bridgehead atoms. The first-order chi connectivity index (χ1) is 7.72. The summed E-state index contributed by atoms with van der Waals surface area (Å²) in [5, 5.41) is 15.4. The van der Waals surface area contributed by atoms with Crippen molar-refractivity contribution in [2.75, 3.05) is 18.4 Å². The maximum absolute atomic E-state index is 8.75. The Morgan fingerprint density at radius 2 is 2.25 bits per heavy atom. The summed E-state index contributed by atoms with van der Waals surface area (Å²) in [4.78, 5) is 8.26. The van der Waals surface area contributed by atoms with Crippen molar-refractivity contribution >= 4 is 5.95 Å². The highest BCUT2D eigenvalue weighted by Gasteiger charge is 2.27. The zero-order valence-corrected chi connectivity index (χ0v) is 9.32. The molecule has 0 saturated carbocycles. The molecule has 0 atom stereocenters. The molecule has 5 heteroatoms. The summed E-state index contributed by atoms with van der Waals surface area (Å²) in [6, 6.07) is 3.62. The first kappa shape index (κ1) is 10.8. The van der Waals surface area contributed by atoms with Crippen LogP contribution in [0.1, 0.15) is 25.5 Å². The van der Waals surface area contributed by atoms with Crippen LogP contribution in [-0.4, -0.2) is 28.6 Å². The van der Waals surface area contributed by atoms with E-state index in [4.69, 9.17) is 5.26 Å². The summed E-state index contributed by atoms with van der Waals surface area (Å²) in [7, 11) is 0. The van der Waals surface area contributed by atoms with Crippen LogP contribution in [0.5, 0.6) is 0 Å². The molecule has 16 heavy (non-hydrogen) atoms. The third-order valence-electron chi connectivity index (χ3n) is 2.89. The van der Waals surface area contributed by atoms with Crippen molar-refractivity contribution in [2.45, 2.75) is 25.3 Å². The van der Waals surface area contributed by atoms with E-state index in [2.05, 4.69) is 27.5 Å². The number of piperidine rings is 1. The zero-order chi connectivity index (χ0) is 11.4.